The molecule has 2 saturated heterocycles. The zero-order chi connectivity index (χ0) is 27.4. The topological polar surface area (TPSA) is 83.9 Å². The minimum Gasteiger partial charge on any atom is -0.492 e. The summed E-state index contributed by atoms with van der Waals surface area (Å²) in [6.07, 6.45) is 7.16. The molecule has 2 aromatic rings. The van der Waals surface area contributed by atoms with E-state index in [1.54, 1.807) is 6.07 Å². The molecule has 2 fully saturated rings. The van der Waals surface area contributed by atoms with E-state index in [0.717, 1.165) is 56.6 Å². The van der Waals surface area contributed by atoms with Crippen LogP contribution in [0.2, 0.25) is 0 Å². The molecule has 1 aromatic heterocycles. The van der Waals surface area contributed by atoms with Gasteiger partial charge in [-0.15, -0.1) is 0 Å². The number of aryl methyl sites for hydroxylation is 2. The fourth-order valence-electron chi connectivity index (χ4n) is 5.77. The van der Waals surface area contributed by atoms with Crippen LogP contribution in [0.5, 0.6) is 5.75 Å². The molecule has 0 aliphatic carbocycles. The second-order valence-electron chi connectivity index (χ2n) is 11.7. The van der Waals surface area contributed by atoms with Crippen LogP contribution >= 0.6 is 0 Å². The number of carbonyl (C=O) groups is 1. The summed E-state index contributed by atoms with van der Waals surface area (Å²) in [4.78, 5) is 19.2. The van der Waals surface area contributed by atoms with Crippen molar-refractivity contribution in [1.82, 2.24) is 9.88 Å². The fourth-order valence-corrected chi connectivity index (χ4v) is 5.77. The first-order chi connectivity index (χ1) is 18.8. The van der Waals surface area contributed by atoms with Gasteiger partial charge >= 0.3 is 5.97 Å². The number of aliphatic carboxylic acids is 1. The van der Waals surface area contributed by atoms with Crippen molar-refractivity contribution < 1.29 is 23.8 Å². The van der Waals surface area contributed by atoms with Crippen molar-refractivity contribution in [1.29, 1.82) is 0 Å². The number of carboxylic acid groups (broad SMARTS) is 1. The van der Waals surface area contributed by atoms with Crippen LogP contribution in [-0.4, -0.2) is 60.4 Å². The van der Waals surface area contributed by atoms with Crippen LogP contribution in [0, 0.1) is 11.2 Å². The van der Waals surface area contributed by atoms with E-state index >= 15 is 0 Å². The van der Waals surface area contributed by atoms with Gasteiger partial charge in [-0.05, 0) is 81.7 Å². The summed E-state index contributed by atoms with van der Waals surface area (Å²) in [7, 11) is 0. The van der Waals surface area contributed by atoms with E-state index in [-0.39, 0.29) is 5.41 Å². The molecule has 39 heavy (non-hydrogen) atoms. The molecule has 0 amide bonds. The number of allylic oxidation sites excluding steroid dienone is 1. The molecular formula is C31H40FN3O4. The number of carboxylic acids is 1. The predicted octanol–water partition coefficient (Wildman–Crippen LogP) is 5.56. The summed E-state index contributed by atoms with van der Waals surface area (Å²) in [5, 5.41) is 13.6. The number of rotatable bonds is 11. The quantitative estimate of drug-likeness (QED) is 0.287. The van der Waals surface area contributed by atoms with Crippen LogP contribution in [0.1, 0.15) is 68.8 Å². The van der Waals surface area contributed by atoms with Crippen molar-refractivity contribution >= 4 is 11.8 Å². The number of anilines is 1. The minimum atomic E-state index is -0.991. The molecule has 8 heteroatoms. The van der Waals surface area contributed by atoms with Crippen molar-refractivity contribution in [2.24, 2.45) is 5.41 Å². The number of nitrogens with zero attached hydrogens (tertiary/aromatic N) is 2. The Morgan fingerprint density at radius 2 is 2.10 bits per heavy atom. The molecule has 210 valence electrons. The number of pyridine rings is 1. The maximum absolute atomic E-state index is 14.3. The molecule has 7 nitrogen and oxygen atoms in total. The number of hydrogen-bond acceptors (Lipinski definition) is 6. The van der Waals surface area contributed by atoms with Crippen molar-refractivity contribution in [3.63, 3.8) is 0 Å². The Kier molecular flexibility index (Phi) is 8.52. The highest BCUT2D eigenvalue weighted by Gasteiger charge is 2.37. The van der Waals surface area contributed by atoms with Gasteiger partial charge in [0.1, 0.15) is 23.4 Å². The van der Waals surface area contributed by atoms with Gasteiger partial charge in [0, 0.05) is 36.3 Å². The fraction of sp³-hybridized carbons (Fsp3) is 0.548. The third kappa shape index (κ3) is 6.61. The number of nitrogens with one attached hydrogen (secondary N) is 1. The number of hydrogen-bond donors (Lipinski definition) is 2. The average Bonchev–Trinajstić information content (AvgIpc) is 3.39. The molecule has 4 heterocycles. The zero-order valence-corrected chi connectivity index (χ0v) is 23.1. The summed E-state index contributed by atoms with van der Waals surface area (Å²) in [5.74, 6) is 0.0259. The van der Waals surface area contributed by atoms with Gasteiger partial charge in [-0.2, -0.15) is 0 Å². The van der Waals surface area contributed by atoms with Gasteiger partial charge in [-0.1, -0.05) is 24.1 Å². The van der Waals surface area contributed by atoms with Crippen LogP contribution in [0.4, 0.5) is 10.2 Å². The lowest BCUT2D eigenvalue weighted by molar-refractivity contribution is -0.143. The van der Waals surface area contributed by atoms with E-state index in [1.165, 1.54) is 35.3 Å². The lowest BCUT2D eigenvalue weighted by Gasteiger charge is -2.38. The van der Waals surface area contributed by atoms with E-state index in [2.05, 4.69) is 31.3 Å². The third-order valence-corrected chi connectivity index (χ3v) is 8.23. The van der Waals surface area contributed by atoms with E-state index in [0.29, 0.717) is 44.2 Å². The number of aromatic nitrogens is 1. The van der Waals surface area contributed by atoms with Crippen molar-refractivity contribution in [3.8, 4) is 5.75 Å². The molecule has 5 rings (SSSR count). The highest BCUT2D eigenvalue weighted by atomic mass is 19.1. The largest absolute Gasteiger partial charge is 0.492 e. The molecule has 1 aromatic carbocycles. The van der Waals surface area contributed by atoms with E-state index in [9.17, 15) is 14.3 Å². The number of halogens is 1. The molecule has 0 radical (unpaired) electrons. The van der Waals surface area contributed by atoms with Gasteiger partial charge in [0.25, 0.3) is 0 Å². The molecule has 3 aliphatic heterocycles. The Hall–Kier alpha value is -2.97. The van der Waals surface area contributed by atoms with Crippen LogP contribution in [0.25, 0.3) is 0 Å². The maximum atomic E-state index is 14.3. The SMILES string of the molecule is C/C(CCCCc1ccc2c(n1)NCCC2)=C1/CCN([C@@H](C(=O)O)c2cc(F)ccc2OCC2(C)COC2)C1. The Labute approximate surface area is 230 Å². The van der Waals surface area contributed by atoms with Gasteiger partial charge < -0.3 is 19.9 Å². The Morgan fingerprint density at radius 3 is 2.87 bits per heavy atom. The number of ether oxygens (including phenoxy) is 2. The summed E-state index contributed by atoms with van der Waals surface area (Å²) < 4.78 is 25.6. The van der Waals surface area contributed by atoms with Crippen molar-refractivity contribution in [2.45, 2.75) is 64.8 Å². The summed E-state index contributed by atoms with van der Waals surface area (Å²) >= 11 is 0. The van der Waals surface area contributed by atoms with Crippen molar-refractivity contribution in [2.75, 3.05) is 44.8 Å². The summed E-state index contributed by atoms with van der Waals surface area (Å²) in [6.45, 7) is 8.03. The van der Waals surface area contributed by atoms with E-state index in [1.807, 2.05) is 4.90 Å². The molecule has 0 unspecified atom stereocenters. The standard InChI is InChI=1S/C31H40FN3O4/c1-21(6-3-4-8-25-11-9-22-7-5-14-33-29(22)34-25)23-13-15-35(17-23)28(30(36)37)26-16-24(32)10-12-27(26)39-20-31(2)18-38-19-31/h9-12,16,28H,3-8,13-15,17-20H2,1-2H3,(H,33,34)(H,36,37)/b23-21+/t28-/m1/s1. The van der Waals surface area contributed by atoms with Crippen molar-refractivity contribution in [3.05, 3.63) is 64.1 Å². The van der Waals surface area contributed by atoms with Crippen LogP contribution in [0.3, 0.4) is 0 Å². The number of fused-ring (bicyclic) bond motifs is 1. The lowest BCUT2D eigenvalue weighted by Crippen LogP contribution is -2.44. The number of benzene rings is 1. The maximum Gasteiger partial charge on any atom is 0.325 e. The molecule has 0 saturated carbocycles. The highest BCUT2D eigenvalue weighted by molar-refractivity contribution is 5.77. The third-order valence-electron chi connectivity index (χ3n) is 8.23. The second kappa shape index (κ2) is 12.0. The Morgan fingerprint density at radius 1 is 1.26 bits per heavy atom. The van der Waals surface area contributed by atoms with E-state index in [4.69, 9.17) is 14.5 Å². The summed E-state index contributed by atoms with van der Waals surface area (Å²) in [6, 6.07) is 7.59. The van der Waals surface area contributed by atoms with Gasteiger partial charge in [-0.3, -0.25) is 9.69 Å². The minimum absolute atomic E-state index is 0.0993. The molecule has 1 atom stereocenters. The van der Waals surface area contributed by atoms with Crippen LogP contribution in [-0.2, 0) is 22.4 Å². The van der Waals surface area contributed by atoms with Gasteiger partial charge in [0.2, 0.25) is 0 Å². The molecule has 3 aliphatic rings. The van der Waals surface area contributed by atoms with E-state index < -0.39 is 17.8 Å². The monoisotopic (exact) mass is 537 g/mol. The lowest BCUT2D eigenvalue weighted by atomic mass is 9.90. The first-order valence-electron chi connectivity index (χ1n) is 14.2. The normalized spacial score (nSPS) is 20.5. The smallest absolute Gasteiger partial charge is 0.325 e. The zero-order valence-electron chi connectivity index (χ0n) is 23.1. The number of unbranched alkanes of at least 4 members (excludes halogenated alkanes) is 1. The first-order valence-corrected chi connectivity index (χ1v) is 14.2. The number of likely N-dealkylation sites (tertiary alicyclic amines) is 1. The molecule has 2 N–H and O–H groups in total. The predicted molar refractivity (Wildman–Crippen MR) is 149 cm³/mol. The van der Waals surface area contributed by atoms with Crippen LogP contribution < -0.4 is 10.1 Å². The summed E-state index contributed by atoms with van der Waals surface area (Å²) in [5.41, 5.74) is 5.34. The Bertz CT molecular complexity index is 1230. The Balaban J connectivity index is 1.19. The molecular weight excluding hydrogens is 497 g/mol. The molecule has 0 spiro atoms. The average molecular weight is 538 g/mol. The first kappa shape index (κ1) is 27.6. The van der Waals surface area contributed by atoms with Crippen LogP contribution in [0.15, 0.2) is 41.5 Å². The highest BCUT2D eigenvalue weighted by Crippen LogP contribution is 2.36. The molecule has 0 bridgehead atoms. The second-order valence-corrected chi connectivity index (χ2v) is 11.7. The van der Waals surface area contributed by atoms with Gasteiger partial charge in [-0.25, -0.2) is 9.37 Å². The van der Waals surface area contributed by atoms with Gasteiger partial charge in [0.05, 0.1) is 19.8 Å². The van der Waals surface area contributed by atoms with Gasteiger partial charge in [0.15, 0.2) is 0 Å².